The van der Waals surface area contributed by atoms with Crippen molar-refractivity contribution in [3.63, 3.8) is 0 Å². The van der Waals surface area contributed by atoms with Crippen molar-refractivity contribution in [1.29, 1.82) is 0 Å². The molecule has 10 N–H and O–H groups in total. The number of carboxylic acids is 2. The van der Waals surface area contributed by atoms with E-state index in [0.717, 1.165) is 0 Å². The molecule has 15 nitrogen and oxygen atoms in total. The first-order valence-corrected chi connectivity index (χ1v) is 9.77. The number of nitrogens with two attached hydrogens (primary N) is 2. The van der Waals surface area contributed by atoms with E-state index in [1.54, 1.807) is 0 Å². The molecule has 0 radical (unpaired) electrons. The van der Waals surface area contributed by atoms with E-state index in [1.165, 1.54) is 19.4 Å². The van der Waals surface area contributed by atoms with Crippen molar-refractivity contribution in [2.75, 3.05) is 0 Å². The number of imidazole rings is 1. The Kier molecular flexibility index (Phi) is 10.4. The Morgan fingerprint density at radius 1 is 1.03 bits per heavy atom. The molecule has 1 rings (SSSR count). The second-order valence-corrected chi connectivity index (χ2v) is 7.18. The summed E-state index contributed by atoms with van der Waals surface area (Å²) >= 11 is 0. The summed E-state index contributed by atoms with van der Waals surface area (Å²) in [5.41, 5.74) is 11.3. The van der Waals surface area contributed by atoms with Gasteiger partial charge in [0.2, 0.25) is 23.6 Å². The summed E-state index contributed by atoms with van der Waals surface area (Å²) in [4.78, 5) is 76.8. The Balaban J connectivity index is 2.74. The number of aliphatic carboxylic acids is 2. The first-order chi connectivity index (χ1) is 15.4. The average molecular weight is 469 g/mol. The van der Waals surface area contributed by atoms with Crippen molar-refractivity contribution >= 4 is 35.6 Å². The van der Waals surface area contributed by atoms with Crippen LogP contribution in [0.15, 0.2) is 12.5 Å². The van der Waals surface area contributed by atoms with Crippen LogP contribution in [0.2, 0.25) is 0 Å². The minimum absolute atomic E-state index is 0.0495. The number of primary amides is 1. The van der Waals surface area contributed by atoms with Crippen LogP contribution in [-0.4, -0.2) is 79.9 Å². The van der Waals surface area contributed by atoms with Crippen LogP contribution in [-0.2, 0) is 35.2 Å². The maximum absolute atomic E-state index is 12.5. The lowest BCUT2D eigenvalue weighted by Gasteiger charge is -2.22. The van der Waals surface area contributed by atoms with Gasteiger partial charge in [0, 0.05) is 24.7 Å². The van der Waals surface area contributed by atoms with Crippen molar-refractivity contribution in [1.82, 2.24) is 25.9 Å². The Morgan fingerprint density at radius 2 is 1.67 bits per heavy atom. The molecule has 4 atom stereocenters. The Labute approximate surface area is 187 Å². The number of rotatable bonds is 14. The molecule has 15 heteroatoms. The Hall–Kier alpha value is -4.01. The Morgan fingerprint density at radius 3 is 2.18 bits per heavy atom. The lowest BCUT2D eigenvalue weighted by atomic mass is 10.1. The molecule has 1 heterocycles. The van der Waals surface area contributed by atoms with E-state index in [0.29, 0.717) is 5.69 Å². The second-order valence-electron chi connectivity index (χ2n) is 7.18. The van der Waals surface area contributed by atoms with Gasteiger partial charge in [-0.2, -0.15) is 0 Å². The van der Waals surface area contributed by atoms with E-state index in [4.69, 9.17) is 21.7 Å². The van der Waals surface area contributed by atoms with Gasteiger partial charge in [-0.3, -0.25) is 24.0 Å². The van der Waals surface area contributed by atoms with Gasteiger partial charge in [0.15, 0.2) is 0 Å². The van der Waals surface area contributed by atoms with Gasteiger partial charge < -0.3 is 42.6 Å². The summed E-state index contributed by atoms with van der Waals surface area (Å²) in [5, 5.41) is 24.8. The van der Waals surface area contributed by atoms with Crippen LogP contribution in [0.1, 0.15) is 31.9 Å². The van der Waals surface area contributed by atoms with Gasteiger partial charge in [-0.1, -0.05) is 0 Å². The zero-order valence-corrected chi connectivity index (χ0v) is 17.7. The number of hydrogen-bond donors (Lipinski definition) is 8. The summed E-state index contributed by atoms with van der Waals surface area (Å²) in [5.74, 6) is -6.27. The quantitative estimate of drug-likeness (QED) is 0.134. The predicted octanol–water partition coefficient (Wildman–Crippen LogP) is -3.42. The van der Waals surface area contributed by atoms with Gasteiger partial charge in [-0.15, -0.1) is 0 Å². The van der Waals surface area contributed by atoms with Gasteiger partial charge in [0.25, 0.3) is 0 Å². The van der Waals surface area contributed by atoms with Crippen molar-refractivity contribution in [3.05, 3.63) is 18.2 Å². The van der Waals surface area contributed by atoms with E-state index < -0.39 is 66.2 Å². The molecule has 0 aliphatic rings. The van der Waals surface area contributed by atoms with Crippen LogP contribution in [0.5, 0.6) is 0 Å². The molecular formula is C18H27N7O8. The number of carbonyl (C=O) groups excluding carboxylic acids is 4. The average Bonchev–Trinajstić information content (AvgIpc) is 3.22. The lowest BCUT2D eigenvalue weighted by Crippen LogP contribution is -2.57. The highest BCUT2D eigenvalue weighted by Crippen LogP contribution is 2.02. The molecule has 0 spiro atoms. The maximum Gasteiger partial charge on any atom is 0.326 e. The monoisotopic (exact) mass is 469 g/mol. The molecule has 0 fully saturated rings. The molecule has 0 aliphatic carbocycles. The zero-order valence-electron chi connectivity index (χ0n) is 17.7. The van der Waals surface area contributed by atoms with Gasteiger partial charge in [-0.25, -0.2) is 9.78 Å². The zero-order chi connectivity index (χ0) is 25.1. The number of nitrogens with one attached hydrogen (secondary N) is 4. The van der Waals surface area contributed by atoms with Crippen LogP contribution in [0, 0.1) is 0 Å². The number of nitrogens with zero attached hydrogens (tertiary/aromatic N) is 1. The number of H-pyrrole nitrogens is 1. The highest BCUT2D eigenvalue weighted by Gasteiger charge is 2.30. The third kappa shape index (κ3) is 9.77. The van der Waals surface area contributed by atoms with E-state index in [-0.39, 0.29) is 19.3 Å². The second kappa shape index (κ2) is 12.7. The molecule has 0 aliphatic heterocycles. The third-order valence-corrected chi connectivity index (χ3v) is 4.39. The molecular weight excluding hydrogens is 442 g/mol. The van der Waals surface area contributed by atoms with Crippen molar-refractivity contribution in [2.45, 2.75) is 56.8 Å². The molecule has 4 unspecified atom stereocenters. The summed E-state index contributed by atoms with van der Waals surface area (Å²) in [6, 6.07) is -5.39. The largest absolute Gasteiger partial charge is 0.481 e. The number of amides is 4. The van der Waals surface area contributed by atoms with Gasteiger partial charge in [0.1, 0.15) is 18.1 Å². The van der Waals surface area contributed by atoms with Crippen LogP contribution >= 0.6 is 0 Å². The van der Waals surface area contributed by atoms with Crippen LogP contribution in [0.25, 0.3) is 0 Å². The molecule has 1 aromatic rings. The summed E-state index contributed by atoms with van der Waals surface area (Å²) in [7, 11) is 0. The van der Waals surface area contributed by atoms with Crippen LogP contribution in [0.4, 0.5) is 0 Å². The van der Waals surface area contributed by atoms with Crippen molar-refractivity contribution in [3.8, 4) is 0 Å². The van der Waals surface area contributed by atoms with E-state index in [9.17, 15) is 28.8 Å². The molecule has 0 bridgehead atoms. The third-order valence-electron chi connectivity index (χ3n) is 4.39. The molecule has 0 saturated heterocycles. The number of aromatic nitrogens is 2. The van der Waals surface area contributed by atoms with Crippen molar-refractivity contribution in [2.24, 2.45) is 11.5 Å². The van der Waals surface area contributed by atoms with E-state index in [1.807, 2.05) is 0 Å². The molecule has 1 aromatic heterocycles. The summed E-state index contributed by atoms with van der Waals surface area (Å²) in [6.07, 6.45) is 1.54. The van der Waals surface area contributed by atoms with Crippen LogP contribution in [0.3, 0.4) is 0 Å². The highest BCUT2D eigenvalue weighted by atomic mass is 16.4. The molecule has 182 valence electrons. The van der Waals surface area contributed by atoms with Gasteiger partial charge >= 0.3 is 11.9 Å². The lowest BCUT2D eigenvalue weighted by molar-refractivity contribution is -0.143. The maximum atomic E-state index is 12.5. The number of carboxylic acid groups (broad SMARTS) is 2. The van der Waals surface area contributed by atoms with E-state index in [2.05, 4.69) is 25.9 Å². The molecule has 0 aromatic carbocycles. The van der Waals surface area contributed by atoms with E-state index >= 15 is 0 Å². The minimum Gasteiger partial charge on any atom is -0.481 e. The standard InChI is InChI=1S/C18H27N7O8/c1-8(15(29)24-11(18(32)33)2-3-13(20)26)23-17(31)12(5-14(27)28)25-16(30)10(19)4-9-6-21-7-22-9/h6-8,10-12H,2-5,19H2,1H3,(H2,20,26)(H,21,22)(H,23,31)(H,24,29)(H,25,30)(H,27,28)(H,32,33). The molecule has 0 saturated carbocycles. The first-order valence-electron chi connectivity index (χ1n) is 9.77. The normalized spacial score (nSPS) is 14.2. The fourth-order valence-corrected chi connectivity index (χ4v) is 2.61. The number of aromatic amines is 1. The molecule has 33 heavy (non-hydrogen) atoms. The summed E-state index contributed by atoms with van der Waals surface area (Å²) in [6.45, 7) is 1.23. The minimum atomic E-state index is -1.55. The summed E-state index contributed by atoms with van der Waals surface area (Å²) < 4.78 is 0. The SMILES string of the molecule is CC(NC(=O)C(CC(=O)O)NC(=O)C(N)Cc1cnc[nH]1)C(=O)NC(CCC(N)=O)C(=O)O. The van der Waals surface area contributed by atoms with Crippen molar-refractivity contribution < 1.29 is 39.0 Å². The number of carbonyl (C=O) groups is 6. The number of hydrogen-bond acceptors (Lipinski definition) is 8. The predicted molar refractivity (Wildman–Crippen MR) is 110 cm³/mol. The van der Waals surface area contributed by atoms with Crippen LogP contribution < -0.4 is 27.4 Å². The topological polar surface area (TPSA) is 260 Å². The highest BCUT2D eigenvalue weighted by molar-refractivity contribution is 5.95. The first kappa shape index (κ1) is 27.0. The van der Waals surface area contributed by atoms with Gasteiger partial charge in [-0.05, 0) is 13.3 Å². The molecule has 4 amide bonds. The fraction of sp³-hybridized carbons (Fsp3) is 0.500. The fourth-order valence-electron chi connectivity index (χ4n) is 2.61. The Bertz CT molecular complexity index is 873. The van der Waals surface area contributed by atoms with Gasteiger partial charge in [0.05, 0.1) is 18.8 Å². The smallest absolute Gasteiger partial charge is 0.326 e.